The van der Waals surface area contributed by atoms with Gasteiger partial charge in [0.15, 0.2) is 0 Å². The topological polar surface area (TPSA) is 56.3 Å². The fourth-order valence-electron chi connectivity index (χ4n) is 3.49. The van der Waals surface area contributed by atoms with Gasteiger partial charge in [-0.15, -0.1) is 0 Å². The van der Waals surface area contributed by atoms with Crippen LogP contribution in [0.5, 0.6) is 0 Å². The third-order valence-electron chi connectivity index (χ3n) is 5.01. The zero-order valence-electron chi connectivity index (χ0n) is 13.9. The molecule has 0 saturated carbocycles. The lowest BCUT2D eigenvalue weighted by atomic mass is 10.3. The minimum Gasteiger partial charge on any atom is -0.378 e. The van der Waals surface area contributed by atoms with Crippen molar-refractivity contribution in [3.05, 3.63) is 0 Å². The van der Waals surface area contributed by atoms with E-state index in [-0.39, 0.29) is 11.8 Å². The van der Waals surface area contributed by atoms with Crippen LogP contribution < -0.4 is 0 Å². The Morgan fingerprint density at radius 3 is 1.70 bits per heavy atom. The molecule has 0 spiro atoms. The van der Waals surface area contributed by atoms with Gasteiger partial charge in [-0.25, -0.2) is 0 Å². The molecule has 3 rings (SSSR count). The molecule has 3 heterocycles. The maximum absolute atomic E-state index is 12.3. The second kappa shape index (κ2) is 8.08. The van der Waals surface area contributed by atoms with Crippen LogP contribution in [0.3, 0.4) is 0 Å². The Balaban J connectivity index is 1.37. The van der Waals surface area contributed by atoms with E-state index in [4.69, 9.17) is 4.74 Å². The van der Waals surface area contributed by atoms with Crippen LogP contribution in [0.4, 0.5) is 0 Å². The molecule has 3 aliphatic rings. The van der Waals surface area contributed by atoms with Crippen molar-refractivity contribution in [2.24, 2.45) is 0 Å². The average molecular weight is 324 g/mol. The number of amides is 2. The number of nitrogens with zero attached hydrogens (tertiary/aromatic N) is 4. The highest BCUT2D eigenvalue weighted by atomic mass is 16.5. The molecular formula is C16H28N4O3. The first-order chi connectivity index (χ1) is 11.2. The SMILES string of the molecule is O=C(CN1CCN(C(=O)CN2CCCC2)CC1)N1CCOCC1. The van der Waals surface area contributed by atoms with E-state index in [1.54, 1.807) is 0 Å². The summed E-state index contributed by atoms with van der Waals surface area (Å²) in [6.45, 7) is 8.89. The molecule has 7 nitrogen and oxygen atoms in total. The van der Waals surface area contributed by atoms with Crippen molar-refractivity contribution in [2.75, 3.05) is 78.7 Å². The molecule has 0 aliphatic carbocycles. The average Bonchev–Trinajstić information content (AvgIpc) is 3.09. The first-order valence-electron chi connectivity index (χ1n) is 8.80. The zero-order valence-corrected chi connectivity index (χ0v) is 13.9. The van der Waals surface area contributed by atoms with Gasteiger partial charge in [-0.1, -0.05) is 0 Å². The third-order valence-corrected chi connectivity index (χ3v) is 5.01. The van der Waals surface area contributed by atoms with E-state index in [0.29, 0.717) is 39.4 Å². The van der Waals surface area contributed by atoms with E-state index in [0.717, 1.165) is 39.3 Å². The lowest BCUT2D eigenvalue weighted by Gasteiger charge is -2.36. The largest absolute Gasteiger partial charge is 0.378 e. The molecule has 0 unspecified atom stereocenters. The Hall–Kier alpha value is -1.18. The molecule has 0 aromatic rings. The molecule has 0 N–H and O–H groups in total. The van der Waals surface area contributed by atoms with Gasteiger partial charge < -0.3 is 14.5 Å². The van der Waals surface area contributed by atoms with Crippen LogP contribution in [0.15, 0.2) is 0 Å². The molecule has 2 amide bonds. The maximum atomic E-state index is 12.3. The molecule has 0 radical (unpaired) electrons. The molecule has 3 saturated heterocycles. The highest BCUT2D eigenvalue weighted by Crippen LogP contribution is 2.09. The molecule has 23 heavy (non-hydrogen) atoms. The molecule has 130 valence electrons. The summed E-state index contributed by atoms with van der Waals surface area (Å²) in [6, 6.07) is 0. The third kappa shape index (κ3) is 4.65. The summed E-state index contributed by atoms with van der Waals surface area (Å²) in [5.74, 6) is 0.427. The number of ether oxygens (including phenoxy) is 1. The first kappa shape index (κ1) is 16.7. The quantitative estimate of drug-likeness (QED) is 0.670. The Labute approximate surface area is 138 Å². The molecule has 3 fully saturated rings. The van der Waals surface area contributed by atoms with Gasteiger partial charge in [0, 0.05) is 39.3 Å². The van der Waals surface area contributed by atoms with Crippen LogP contribution in [0, 0.1) is 0 Å². The molecule has 0 bridgehead atoms. The lowest BCUT2D eigenvalue weighted by Crippen LogP contribution is -2.53. The minimum atomic E-state index is 0.185. The van der Waals surface area contributed by atoms with E-state index in [1.807, 2.05) is 9.80 Å². The van der Waals surface area contributed by atoms with E-state index < -0.39 is 0 Å². The van der Waals surface area contributed by atoms with Gasteiger partial charge in [0.05, 0.1) is 26.3 Å². The molecule has 0 aromatic carbocycles. The number of hydrogen-bond acceptors (Lipinski definition) is 5. The van der Waals surface area contributed by atoms with Gasteiger partial charge in [0.1, 0.15) is 0 Å². The number of hydrogen-bond donors (Lipinski definition) is 0. The Bertz CT molecular complexity index is 412. The van der Waals surface area contributed by atoms with Crippen molar-refractivity contribution >= 4 is 11.8 Å². The Morgan fingerprint density at radius 2 is 1.13 bits per heavy atom. The van der Waals surface area contributed by atoms with Crippen molar-refractivity contribution in [2.45, 2.75) is 12.8 Å². The monoisotopic (exact) mass is 324 g/mol. The highest BCUT2D eigenvalue weighted by molar-refractivity contribution is 5.79. The van der Waals surface area contributed by atoms with Gasteiger partial charge in [0.25, 0.3) is 0 Å². The number of rotatable bonds is 4. The normalized spacial score (nSPS) is 24.2. The summed E-state index contributed by atoms with van der Waals surface area (Å²) in [6.07, 6.45) is 2.43. The molecular weight excluding hydrogens is 296 g/mol. The Kier molecular flexibility index (Phi) is 5.85. The predicted molar refractivity (Wildman–Crippen MR) is 86.1 cm³/mol. The fraction of sp³-hybridized carbons (Fsp3) is 0.875. The van der Waals surface area contributed by atoms with Crippen LogP contribution in [0.25, 0.3) is 0 Å². The maximum Gasteiger partial charge on any atom is 0.236 e. The van der Waals surface area contributed by atoms with Crippen molar-refractivity contribution in [1.29, 1.82) is 0 Å². The lowest BCUT2D eigenvalue weighted by molar-refractivity contribution is -0.138. The number of piperazine rings is 1. The van der Waals surface area contributed by atoms with Gasteiger partial charge in [-0.2, -0.15) is 0 Å². The van der Waals surface area contributed by atoms with Gasteiger partial charge in [-0.05, 0) is 25.9 Å². The minimum absolute atomic E-state index is 0.185. The second-order valence-electron chi connectivity index (χ2n) is 6.63. The molecule has 0 atom stereocenters. The van der Waals surface area contributed by atoms with Crippen LogP contribution in [0.2, 0.25) is 0 Å². The number of morpholine rings is 1. The van der Waals surface area contributed by atoms with Crippen LogP contribution >= 0.6 is 0 Å². The van der Waals surface area contributed by atoms with Gasteiger partial charge in [-0.3, -0.25) is 19.4 Å². The van der Waals surface area contributed by atoms with Crippen molar-refractivity contribution in [3.63, 3.8) is 0 Å². The standard InChI is InChI=1S/C16H28N4O3/c21-15(13-17-3-1-2-4-17)19-7-5-18(6-8-19)14-16(22)20-9-11-23-12-10-20/h1-14H2. The number of carbonyl (C=O) groups excluding carboxylic acids is 2. The second-order valence-corrected chi connectivity index (χ2v) is 6.63. The highest BCUT2D eigenvalue weighted by Gasteiger charge is 2.26. The molecule has 3 aliphatic heterocycles. The Morgan fingerprint density at radius 1 is 0.652 bits per heavy atom. The summed E-state index contributed by atoms with van der Waals surface area (Å²) in [7, 11) is 0. The van der Waals surface area contributed by atoms with Gasteiger partial charge in [0.2, 0.25) is 11.8 Å². The van der Waals surface area contributed by atoms with E-state index in [9.17, 15) is 9.59 Å². The summed E-state index contributed by atoms with van der Waals surface area (Å²) < 4.78 is 5.28. The summed E-state index contributed by atoms with van der Waals surface area (Å²) in [4.78, 5) is 32.8. The number of likely N-dealkylation sites (tertiary alicyclic amines) is 1. The van der Waals surface area contributed by atoms with Crippen LogP contribution in [0.1, 0.15) is 12.8 Å². The summed E-state index contributed by atoms with van der Waals surface area (Å²) in [5.41, 5.74) is 0. The van der Waals surface area contributed by atoms with Crippen molar-refractivity contribution in [3.8, 4) is 0 Å². The van der Waals surface area contributed by atoms with E-state index in [2.05, 4.69) is 9.80 Å². The van der Waals surface area contributed by atoms with Crippen LogP contribution in [-0.4, -0.2) is 110 Å². The molecule has 0 aromatic heterocycles. The van der Waals surface area contributed by atoms with E-state index in [1.165, 1.54) is 12.8 Å². The van der Waals surface area contributed by atoms with Crippen molar-refractivity contribution < 1.29 is 14.3 Å². The summed E-state index contributed by atoms with van der Waals surface area (Å²) in [5, 5.41) is 0. The number of carbonyl (C=O) groups is 2. The van der Waals surface area contributed by atoms with Gasteiger partial charge >= 0.3 is 0 Å². The smallest absolute Gasteiger partial charge is 0.236 e. The summed E-state index contributed by atoms with van der Waals surface area (Å²) >= 11 is 0. The van der Waals surface area contributed by atoms with Crippen LogP contribution in [-0.2, 0) is 14.3 Å². The predicted octanol–water partition coefficient (Wildman–Crippen LogP) is -0.915. The molecule has 7 heteroatoms. The van der Waals surface area contributed by atoms with Crippen molar-refractivity contribution in [1.82, 2.24) is 19.6 Å². The zero-order chi connectivity index (χ0) is 16.1. The fourth-order valence-corrected chi connectivity index (χ4v) is 3.49. The first-order valence-corrected chi connectivity index (χ1v) is 8.80. The van der Waals surface area contributed by atoms with E-state index >= 15 is 0 Å².